The number of thiazole rings is 1. The van der Waals surface area contributed by atoms with Crippen molar-refractivity contribution in [1.29, 1.82) is 0 Å². The molecule has 0 unspecified atom stereocenters. The van der Waals surface area contributed by atoms with Gasteiger partial charge in [0.1, 0.15) is 0 Å². The topological polar surface area (TPSA) is 60.7 Å². The number of carbonyl (C=O) groups is 1. The molecular weight excluding hydrogens is 569 g/mol. The van der Waals surface area contributed by atoms with Crippen molar-refractivity contribution in [3.05, 3.63) is 99.6 Å². The second-order valence-corrected chi connectivity index (χ2v) is 9.92. The van der Waals surface area contributed by atoms with Gasteiger partial charge in [0, 0.05) is 9.50 Å². The number of rotatable bonds is 4. The summed E-state index contributed by atoms with van der Waals surface area (Å²) < 4.78 is 49.3. The highest BCUT2D eigenvalue weighted by Gasteiger charge is 2.45. The standard InChI is InChI=1S/C24H17BrClF3N2O3S/c1-3-34-22(33)18-19(14-6-8-15(26)9-7-14)31-21(32)17(11-13-5-4-12(2)16(25)10-13)35-23(31)30-20(18)24(27,28)29/h4-11,19H,3H2,1-2H3/b17-11-/t19-/m1/s1. The van der Waals surface area contributed by atoms with Gasteiger partial charge in [0.2, 0.25) is 0 Å². The van der Waals surface area contributed by atoms with Crippen molar-refractivity contribution in [2.24, 2.45) is 4.99 Å². The molecule has 4 rings (SSSR count). The summed E-state index contributed by atoms with van der Waals surface area (Å²) in [5.74, 6) is -1.19. The zero-order valence-electron chi connectivity index (χ0n) is 18.3. The molecule has 1 aliphatic heterocycles. The second kappa shape index (κ2) is 9.75. The Balaban J connectivity index is 2.04. The number of hydrogen-bond acceptors (Lipinski definition) is 5. The van der Waals surface area contributed by atoms with Crippen LogP contribution in [0.5, 0.6) is 0 Å². The maximum absolute atomic E-state index is 14.1. The zero-order chi connectivity index (χ0) is 25.5. The first-order valence-corrected chi connectivity index (χ1v) is 12.3. The van der Waals surface area contributed by atoms with Gasteiger partial charge in [-0.1, -0.05) is 63.1 Å². The van der Waals surface area contributed by atoms with Crippen molar-refractivity contribution in [3.8, 4) is 0 Å². The maximum atomic E-state index is 14.1. The Hall–Kier alpha value is -2.69. The smallest absolute Gasteiger partial charge is 0.434 e. The predicted octanol–water partition coefficient (Wildman–Crippen LogP) is 5.07. The summed E-state index contributed by atoms with van der Waals surface area (Å²) in [5, 5.41) is 0.351. The fourth-order valence-corrected chi connectivity index (χ4v) is 5.17. The van der Waals surface area contributed by atoms with Gasteiger partial charge in [0.25, 0.3) is 5.56 Å². The summed E-state index contributed by atoms with van der Waals surface area (Å²) in [6.07, 6.45) is -3.38. The minimum atomic E-state index is -4.95. The first-order chi connectivity index (χ1) is 16.5. The number of benzene rings is 2. The van der Waals surface area contributed by atoms with Crippen molar-refractivity contribution in [3.63, 3.8) is 0 Å². The van der Waals surface area contributed by atoms with Crippen molar-refractivity contribution >= 4 is 50.9 Å². The Morgan fingerprint density at radius 1 is 1.26 bits per heavy atom. The number of alkyl halides is 3. The number of fused-ring (bicyclic) bond motifs is 1. The third-order valence-corrected chi connectivity index (χ3v) is 7.36. The average Bonchev–Trinajstić information content (AvgIpc) is 3.10. The van der Waals surface area contributed by atoms with E-state index >= 15 is 0 Å². The molecule has 1 aliphatic rings. The molecule has 35 heavy (non-hydrogen) atoms. The van der Waals surface area contributed by atoms with E-state index < -0.39 is 35.0 Å². The Morgan fingerprint density at radius 3 is 2.54 bits per heavy atom. The van der Waals surface area contributed by atoms with E-state index in [-0.39, 0.29) is 21.5 Å². The van der Waals surface area contributed by atoms with E-state index in [1.165, 1.54) is 31.2 Å². The van der Waals surface area contributed by atoms with Crippen LogP contribution in [-0.4, -0.2) is 23.3 Å². The lowest BCUT2D eigenvalue weighted by Gasteiger charge is -2.26. The van der Waals surface area contributed by atoms with Gasteiger partial charge in [-0.05, 0) is 54.8 Å². The average molecular weight is 586 g/mol. The molecule has 0 radical (unpaired) electrons. The number of halogens is 5. The molecule has 2 heterocycles. The number of hydrogen-bond donors (Lipinski definition) is 0. The van der Waals surface area contributed by atoms with Crippen molar-refractivity contribution in [2.75, 3.05) is 6.61 Å². The number of esters is 1. The molecule has 0 spiro atoms. The van der Waals surface area contributed by atoms with Crippen LogP contribution >= 0.6 is 38.9 Å². The lowest BCUT2D eigenvalue weighted by molar-refractivity contribution is -0.140. The molecule has 0 fully saturated rings. The maximum Gasteiger partial charge on any atom is 0.434 e. The zero-order valence-corrected chi connectivity index (χ0v) is 21.5. The Morgan fingerprint density at radius 2 is 1.94 bits per heavy atom. The number of ether oxygens (including phenoxy) is 1. The molecule has 0 aliphatic carbocycles. The molecule has 1 atom stereocenters. The monoisotopic (exact) mass is 584 g/mol. The number of allylic oxidation sites excluding steroid dienone is 1. The molecule has 11 heteroatoms. The molecule has 0 saturated carbocycles. The highest BCUT2D eigenvalue weighted by Crippen LogP contribution is 2.38. The van der Waals surface area contributed by atoms with Gasteiger partial charge < -0.3 is 4.74 Å². The van der Waals surface area contributed by atoms with E-state index in [2.05, 4.69) is 20.9 Å². The van der Waals surface area contributed by atoms with Crippen molar-refractivity contribution in [1.82, 2.24) is 4.57 Å². The van der Waals surface area contributed by atoms with Crippen molar-refractivity contribution < 1.29 is 22.7 Å². The minimum absolute atomic E-state index is 0.145. The first kappa shape index (κ1) is 25.4. The number of nitrogens with zero attached hydrogens (tertiary/aromatic N) is 2. The molecule has 182 valence electrons. The quantitative estimate of drug-likeness (QED) is 0.402. The molecule has 0 saturated heterocycles. The summed E-state index contributed by atoms with van der Waals surface area (Å²) in [4.78, 5) is 29.9. The van der Waals surface area contributed by atoms with Gasteiger partial charge in [-0.25, -0.2) is 9.79 Å². The fourth-order valence-electron chi connectivity index (χ4n) is 3.65. The molecule has 5 nitrogen and oxygen atoms in total. The Labute approximate surface area is 215 Å². The largest absolute Gasteiger partial charge is 0.463 e. The van der Waals surface area contributed by atoms with Crippen molar-refractivity contribution in [2.45, 2.75) is 26.1 Å². The van der Waals surface area contributed by atoms with Gasteiger partial charge in [-0.2, -0.15) is 13.2 Å². The van der Waals surface area contributed by atoms with Crippen LogP contribution in [-0.2, 0) is 9.53 Å². The van der Waals surface area contributed by atoms with Crippen LogP contribution in [0.1, 0.15) is 29.7 Å². The van der Waals surface area contributed by atoms with Gasteiger partial charge in [-0.3, -0.25) is 9.36 Å². The van der Waals surface area contributed by atoms with E-state index in [0.717, 1.165) is 25.9 Å². The summed E-state index contributed by atoms with van der Waals surface area (Å²) in [7, 11) is 0. The molecule has 3 aromatic rings. The highest BCUT2D eigenvalue weighted by molar-refractivity contribution is 9.10. The Bertz CT molecular complexity index is 1530. The predicted molar refractivity (Wildman–Crippen MR) is 131 cm³/mol. The van der Waals surface area contributed by atoms with E-state index in [0.29, 0.717) is 10.6 Å². The first-order valence-electron chi connectivity index (χ1n) is 10.3. The summed E-state index contributed by atoms with van der Waals surface area (Å²) in [6.45, 7) is 3.24. The van der Waals surface area contributed by atoms with Gasteiger partial charge >= 0.3 is 12.1 Å². The third-order valence-electron chi connectivity index (χ3n) is 5.27. The lowest BCUT2D eigenvalue weighted by atomic mass is 9.95. The van der Waals surface area contributed by atoms with Gasteiger partial charge in [-0.15, -0.1) is 0 Å². The summed E-state index contributed by atoms with van der Waals surface area (Å²) in [5.41, 5.74) is -0.787. The van der Waals surface area contributed by atoms with E-state index in [4.69, 9.17) is 16.3 Å². The van der Waals surface area contributed by atoms with Crippen LogP contribution in [0.4, 0.5) is 13.2 Å². The number of aromatic nitrogens is 1. The molecule has 0 amide bonds. The van der Waals surface area contributed by atoms with Crippen LogP contribution < -0.4 is 14.9 Å². The van der Waals surface area contributed by atoms with Crippen LogP contribution in [0.3, 0.4) is 0 Å². The van der Waals surface area contributed by atoms with Crippen LogP contribution in [0.25, 0.3) is 6.08 Å². The number of carbonyl (C=O) groups excluding carboxylic acids is 1. The lowest BCUT2D eigenvalue weighted by Crippen LogP contribution is -2.41. The van der Waals surface area contributed by atoms with Gasteiger partial charge in [0.05, 0.1) is 22.8 Å². The highest BCUT2D eigenvalue weighted by atomic mass is 79.9. The van der Waals surface area contributed by atoms with Crippen LogP contribution in [0.2, 0.25) is 5.02 Å². The molecule has 1 aromatic heterocycles. The normalized spacial score (nSPS) is 16.2. The summed E-state index contributed by atoms with van der Waals surface area (Å²) in [6, 6.07) is 9.95. The van der Waals surface area contributed by atoms with E-state index in [1.54, 1.807) is 18.2 Å². The number of aryl methyl sites for hydroxylation is 1. The van der Waals surface area contributed by atoms with E-state index in [9.17, 15) is 22.8 Å². The van der Waals surface area contributed by atoms with Crippen LogP contribution in [0, 0.1) is 6.92 Å². The second-order valence-electron chi connectivity index (χ2n) is 7.62. The third kappa shape index (κ3) is 5.00. The molecule has 0 bridgehead atoms. The van der Waals surface area contributed by atoms with E-state index in [1.807, 2.05) is 13.0 Å². The van der Waals surface area contributed by atoms with Crippen LogP contribution in [0.15, 0.2) is 68.0 Å². The molecule has 2 aromatic carbocycles. The minimum Gasteiger partial charge on any atom is -0.463 e. The molecular formula is C24H17BrClF3N2O3S. The van der Waals surface area contributed by atoms with Gasteiger partial charge in [0.15, 0.2) is 10.5 Å². The summed E-state index contributed by atoms with van der Waals surface area (Å²) >= 11 is 10.2. The fraction of sp³-hybridized carbons (Fsp3) is 0.208. The molecule has 0 N–H and O–H groups in total. The Kier molecular flexibility index (Phi) is 7.08. The SMILES string of the molecule is CCOC(=O)C1=C(C(F)(F)F)N=c2s/c(=C\c3ccc(C)c(Br)c3)c(=O)n2[C@@H]1c1ccc(Cl)cc1.